The normalized spacial score (nSPS) is 45.5. The molecule has 4 aliphatic carbocycles. The maximum atomic E-state index is 3.34. The van der Waals surface area contributed by atoms with Crippen molar-refractivity contribution in [1.82, 2.24) is 10.2 Å². The van der Waals surface area contributed by atoms with Crippen LogP contribution in [0.3, 0.4) is 0 Å². The summed E-state index contributed by atoms with van der Waals surface area (Å²) in [6.45, 7) is 3.51. The zero-order valence-electron chi connectivity index (χ0n) is 11.7. The van der Waals surface area contributed by atoms with Gasteiger partial charge in [-0.2, -0.15) is 0 Å². The van der Waals surface area contributed by atoms with Crippen LogP contribution < -0.4 is 5.32 Å². The standard InChI is InChI=1S/C15H28N2/c1-11(10-16-2)17(3)15-7-12-4-13(8-15)6-14(5-12)9-15/h11-14,16H,4-10H2,1-3H3. The predicted octanol–water partition coefficient (Wildman–Crippen LogP) is 2.49. The smallest absolute Gasteiger partial charge is 0.0217 e. The molecule has 0 saturated heterocycles. The molecule has 17 heavy (non-hydrogen) atoms. The first-order valence-corrected chi connectivity index (χ1v) is 7.50. The Bertz CT molecular complexity index is 251. The van der Waals surface area contributed by atoms with E-state index in [1.807, 2.05) is 0 Å². The average molecular weight is 236 g/mol. The number of rotatable bonds is 4. The van der Waals surface area contributed by atoms with Gasteiger partial charge >= 0.3 is 0 Å². The molecular formula is C15H28N2. The van der Waals surface area contributed by atoms with Gasteiger partial charge in [0.1, 0.15) is 0 Å². The first-order chi connectivity index (χ1) is 8.13. The number of nitrogens with one attached hydrogen (secondary N) is 1. The molecule has 0 aliphatic heterocycles. The van der Waals surface area contributed by atoms with E-state index in [0.717, 1.165) is 24.3 Å². The van der Waals surface area contributed by atoms with E-state index in [-0.39, 0.29) is 0 Å². The number of likely N-dealkylation sites (N-methyl/N-ethyl adjacent to an activating group) is 2. The van der Waals surface area contributed by atoms with Crippen LogP contribution in [0.15, 0.2) is 0 Å². The van der Waals surface area contributed by atoms with Crippen molar-refractivity contribution in [3.05, 3.63) is 0 Å². The molecule has 0 aromatic carbocycles. The largest absolute Gasteiger partial charge is 0.318 e. The molecule has 0 aromatic heterocycles. The minimum Gasteiger partial charge on any atom is -0.318 e. The molecule has 4 rings (SSSR count). The minimum absolute atomic E-state index is 0.574. The molecule has 0 radical (unpaired) electrons. The third-order valence-electron chi connectivity index (χ3n) is 5.91. The lowest BCUT2D eigenvalue weighted by Crippen LogP contribution is -2.61. The molecule has 4 saturated carbocycles. The minimum atomic E-state index is 0.574. The summed E-state index contributed by atoms with van der Waals surface area (Å²) in [5.41, 5.74) is 0.574. The Kier molecular flexibility index (Phi) is 2.99. The van der Waals surface area contributed by atoms with Gasteiger partial charge in [-0.15, -0.1) is 0 Å². The van der Waals surface area contributed by atoms with E-state index in [1.165, 1.54) is 19.3 Å². The lowest BCUT2D eigenvalue weighted by Gasteiger charge is -2.61. The Labute approximate surface area is 106 Å². The van der Waals surface area contributed by atoms with Crippen molar-refractivity contribution in [2.75, 3.05) is 20.6 Å². The molecule has 4 aliphatic rings. The van der Waals surface area contributed by atoms with E-state index in [2.05, 4.69) is 31.2 Å². The van der Waals surface area contributed by atoms with Crippen molar-refractivity contribution in [2.24, 2.45) is 17.8 Å². The fourth-order valence-electron chi connectivity index (χ4n) is 5.40. The molecule has 0 spiro atoms. The second kappa shape index (κ2) is 4.24. The molecular weight excluding hydrogens is 208 g/mol. The quantitative estimate of drug-likeness (QED) is 0.807. The van der Waals surface area contributed by atoms with E-state index in [1.54, 1.807) is 19.3 Å². The summed E-state index contributed by atoms with van der Waals surface area (Å²) in [5, 5.41) is 3.34. The molecule has 1 N–H and O–H groups in total. The van der Waals surface area contributed by atoms with Crippen LogP contribution in [0, 0.1) is 17.8 Å². The molecule has 2 heteroatoms. The molecule has 0 aromatic rings. The monoisotopic (exact) mass is 236 g/mol. The summed E-state index contributed by atoms with van der Waals surface area (Å²) in [7, 11) is 4.46. The van der Waals surface area contributed by atoms with E-state index in [4.69, 9.17) is 0 Å². The molecule has 0 amide bonds. The summed E-state index contributed by atoms with van der Waals surface area (Å²) in [5.74, 6) is 3.18. The topological polar surface area (TPSA) is 15.3 Å². The maximum absolute atomic E-state index is 3.34. The van der Waals surface area contributed by atoms with Gasteiger partial charge in [-0.25, -0.2) is 0 Å². The zero-order chi connectivity index (χ0) is 12.0. The summed E-state index contributed by atoms with van der Waals surface area (Å²) < 4.78 is 0. The summed E-state index contributed by atoms with van der Waals surface area (Å²) in [6.07, 6.45) is 9.12. The second-order valence-electron chi connectivity index (χ2n) is 7.16. The number of hydrogen-bond acceptors (Lipinski definition) is 2. The van der Waals surface area contributed by atoms with Crippen molar-refractivity contribution >= 4 is 0 Å². The van der Waals surface area contributed by atoms with Crippen molar-refractivity contribution in [3.8, 4) is 0 Å². The average Bonchev–Trinajstić information content (AvgIpc) is 2.26. The van der Waals surface area contributed by atoms with Gasteiger partial charge in [0.2, 0.25) is 0 Å². The van der Waals surface area contributed by atoms with E-state index >= 15 is 0 Å². The Morgan fingerprint density at radius 1 is 1.12 bits per heavy atom. The maximum Gasteiger partial charge on any atom is 0.0217 e. The molecule has 4 bridgehead atoms. The summed E-state index contributed by atoms with van der Waals surface area (Å²) in [4.78, 5) is 2.73. The fourth-order valence-corrected chi connectivity index (χ4v) is 5.40. The van der Waals surface area contributed by atoms with Crippen molar-refractivity contribution in [2.45, 2.75) is 57.0 Å². The third-order valence-corrected chi connectivity index (χ3v) is 5.91. The SMILES string of the molecule is CNCC(C)N(C)C12CC3CC(CC(C3)C1)C2. The molecule has 98 valence electrons. The summed E-state index contributed by atoms with van der Waals surface area (Å²) >= 11 is 0. The van der Waals surface area contributed by atoms with Crippen LogP contribution in [0.25, 0.3) is 0 Å². The Hall–Kier alpha value is -0.0800. The van der Waals surface area contributed by atoms with Gasteiger partial charge < -0.3 is 5.32 Å². The van der Waals surface area contributed by atoms with Crippen LogP contribution in [0.2, 0.25) is 0 Å². The Balaban J connectivity index is 1.77. The van der Waals surface area contributed by atoms with Gasteiger partial charge in [-0.05, 0) is 77.3 Å². The number of hydrogen-bond donors (Lipinski definition) is 1. The second-order valence-corrected chi connectivity index (χ2v) is 7.16. The highest BCUT2D eigenvalue weighted by Crippen LogP contribution is 2.57. The van der Waals surface area contributed by atoms with Crippen LogP contribution >= 0.6 is 0 Å². The van der Waals surface area contributed by atoms with Crippen LogP contribution in [0.1, 0.15) is 45.4 Å². The molecule has 1 atom stereocenters. The van der Waals surface area contributed by atoms with E-state index in [0.29, 0.717) is 11.6 Å². The molecule has 4 fully saturated rings. The first-order valence-electron chi connectivity index (χ1n) is 7.50. The number of nitrogens with zero attached hydrogens (tertiary/aromatic N) is 1. The van der Waals surface area contributed by atoms with Crippen molar-refractivity contribution in [3.63, 3.8) is 0 Å². The van der Waals surface area contributed by atoms with Crippen molar-refractivity contribution < 1.29 is 0 Å². The van der Waals surface area contributed by atoms with Crippen LogP contribution in [-0.4, -0.2) is 37.1 Å². The Morgan fingerprint density at radius 2 is 1.59 bits per heavy atom. The van der Waals surface area contributed by atoms with Crippen molar-refractivity contribution in [1.29, 1.82) is 0 Å². The summed E-state index contributed by atoms with van der Waals surface area (Å²) in [6, 6.07) is 0.677. The van der Waals surface area contributed by atoms with E-state index in [9.17, 15) is 0 Å². The highest BCUT2D eigenvalue weighted by Gasteiger charge is 2.53. The lowest BCUT2D eigenvalue weighted by atomic mass is 9.52. The van der Waals surface area contributed by atoms with Crippen LogP contribution in [0.4, 0.5) is 0 Å². The van der Waals surface area contributed by atoms with E-state index < -0.39 is 0 Å². The highest BCUT2D eigenvalue weighted by atomic mass is 15.2. The van der Waals surface area contributed by atoms with Gasteiger partial charge in [0.15, 0.2) is 0 Å². The van der Waals surface area contributed by atoms with Gasteiger partial charge in [-0.3, -0.25) is 4.90 Å². The lowest BCUT2D eigenvalue weighted by molar-refractivity contribution is -0.0908. The van der Waals surface area contributed by atoms with Crippen LogP contribution in [0.5, 0.6) is 0 Å². The predicted molar refractivity (Wildman–Crippen MR) is 72.1 cm³/mol. The van der Waals surface area contributed by atoms with Gasteiger partial charge in [0, 0.05) is 18.1 Å². The highest BCUT2D eigenvalue weighted by molar-refractivity contribution is 5.07. The van der Waals surface area contributed by atoms with Gasteiger partial charge in [-0.1, -0.05) is 0 Å². The van der Waals surface area contributed by atoms with Gasteiger partial charge in [0.05, 0.1) is 0 Å². The first kappa shape index (κ1) is 12.0. The fraction of sp³-hybridized carbons (Fsp3) is 1.00. The molecule has 2 nitrogen and oxygen atoms in total. The molecule has 0 heterocycles. The zero-order valence-corrected chi connectivity index (χ0v) is 11.7. The Morgan fingerprint density at radius 3 is 2.00 bits per heavy atom. The third kappa shape index (κ3) is 1.94. The van der Waals surface area contributed by atoms with Gasteiger partial charge in [0.25, 0.3) is 0 Å². The molecule has 1 unspecified atom stereocenters. The van der Waals surface area contributed by atoms with Crippen LogP contribution in [-0.2, 0) is 0 Å².